The Bertz CT molecular complexity index is 496. The summed E-state index contributed by atoms with van der Waals surface area (Å²) in [4.78, 5) is 10.8. The number of anilines is 1. The van der Waals surface area contributed by atoms with Crippen LogP contribution in [0.25, 0.3) is 0 Å². The Kier molecular flexibility index (Phi) is 3.36. The smallest absolute Gasteiger partial charge is 0.261 e. The number of aryl methyl sites for hydroxylation is 1. The van der Waals surface area contributed by atoms with Crippen molar-refractivity contribution < 1.29 is 13.2 Å². The van der Waals surface area contributed by atoms with Gasteiger partial charge in [0.25, 0.3) is 9.05 Å². The zero-order chi connectivity index (χ0) is 11.6. The van der Waals surface area contributed by atoms with E-state index in [4.69, 9.17) is 10.7 Å². The lowest BCUT2D eigenvalue weighted by atomic mass is 10.2. The second-order valence-electron chi connectivity index (χ2n) is 3.15. The monoisotopic (exact) mass is 247 g/mol. The van der Waals surface area contributed by atoms with Crippen LogP contribution in [0.2, 0.25) is 0 Å². The minimum Gasteiger partial charge on any atom is -0.326 e. The van der Waals surface area contributed by atoms with Crippen molar-refractivity contribution in [3.63, 3.8) is 0 Å². The van der Waals surface area contributed by atoms with Crippen molar-refractivity contribution in [1.82, 2.24) is 0 Å². The molecule has 82 valence electrons. The summed E-state index contributed by atoms with van der Waals surface area (Å²) >= 11 is 0. The zero-order valence-electron chi connectivity index (χ0n) is 8.24. The first kappa shape index (κ1) is 12.0. The molecule has 0 atom stereocenters. The maximum atomic E-state index is 11.1. The van der Waals surface area contributed by atoms with Crippen LogP contribution in [0.3, 0.4) is 0 Å². The lowest BCUT2D eigenvalue weighted by Gasteiger charge is -2.05. The highest BCUT2D eigenvalue weighted by molar-refractivity contribution is 8.13. The van der Waals surface area contributed by atoms with Gasteiger partial charge in [0.05, 0.1) is 4.90 Å². The maximum Gasteiger partial charge on any atom is 0.261 e. The van der Waals surface area contributed by atoms with Crippen LogP contribution >= 0.6 is 10.7 Å². The predicted octanol–water partition coefficient (Wildman–Crippen LogP) is 1.88. The van der Waals surface area contributed by atoms with E-state index in [1.165, 1.54) is 19.1 Å². The van der Waals surface area contributed by atoms with Crippen LogP contribution in [0, 0.1) is 6.92 Å². The van der Waals surface area contributed by atoms with E-state index in [1.54, 1.807) is 13.0 Å². The minimum absolute atomic E-state index is 0.0204. The predicted molar refractivity (Wildman–Crippen MR) is 58.5 cm³/mol. The molecule has 0 aliphatic carbocycles. The normalized spacial score (nSPS) is 11.1. The zero-order valence-corrected chi connectivity index (χ0v) is 9.82. The van der Waals surface area contributed by atoms with Gasteiger partial charge in [-0.25, -0.2) is 8.42 Å². The summed E-state index contributed by atoms with van der Waals surface area (Å²) in [7, 11) is 1.44. The highest BCUT2D eigenvalue weighted by atomic mass is 35.7. The first-order chi connectivity index (χ1) is 6.79. The Morgan fingerprint density at radius 3 is 2.40 bits per heavy atom. The number of rotatable bonds is 2. The van der Waals surface area contributed by atoms with Crippen molar-refractivity contribution in [1.29, 1.82) is 0 Å². The Hall–Kier alpha value is -1.07. The van der Waals surface area contributed by atoms with Gasteiger partial charge >= 0.3 is 0 Å². The highest BCUT2D eigenvalue weighted by Crippen LogP contribution is 2.21. The highest BCUT2D eigenvalue weighted by Gasteiger charge is 2.11. The van der Waals surface area contributed by atoms with Gasteiger partial charge in [0.2, 0.25) is 5.91 Å². The van der Waals surface area contributed by atoms with Crippen molar-refractivity contribution in [2.45, 2.75) is 18.7 Å². The number of benzene rings is 1. The van der Waals surface area contributed by atoms with Crippen molar-refractivity contribution in [3.05, 3.63) is 23.8 Å². The number of hydrogen-bond acceptors (Lipinski definition) is 3. The standard InChI is InChI=1S/C9H10ClNO3S/c1-6-3-8(11-7(2)12)5-9(4-6)15(10,13)14/h3-5H,1-2H3,(H,11,12). The molecule has 1 rings (SSSR count). The fraction of sp³-hybridized carbons (Fsp3) is 0.222. The SMILES string of the molecule is CC(=O)Nc1cc(C)cc(S(=O)(=O)Cl)c1. The molecule has 0 fully saturated rings. The number of halogens is 1. The topological polar surface area (TPSA) is 63.2 Å². The lowest BCUT2D eigenvalue weighted by molar-refractivity contribution is -0.114. The van der Waals surface area contributed by atoms with Gasteiger partial charge in [-0.05, 0) is 30.7 Å². The first-order valence-corrected chi connectivity index (χ1v) is 6.44. The van der Waals surface area contributed by atoms with Gasteiger partial charge in [0, 0.05) is 23.3 Å². The van der Waals surface area contributed by atoms with Gasteiger partial charge in [-0.15, -0.1) is 0 Å². The number of hydrogen-bond donors (Lipinski definition) is 1. The third kappa shape index (κ3) is 3.53. The largest absolute Gasteiger partial charge is 0.326 e. The van der Waals surface area contributed by atoms with Crippen LogP contribution in [0.5, 0.6) is 0 Å². The third-order valence-corrected chi connectivity index (χ3v) is 2.99. The molecule has 0 heterocycles. The van der Waals surface area contributed by atoms with Crippen LogP contribution in [-0.4, -0.2) is 14.3 Å². The molecule has 0 radical (unpaired) electrons. The van der Waals surface area contributed by atoms with Gasteiger partial charge in [0.1, 0.15) is 0 Å². The van der Waals surface area contributed by atoms with Crippen LogP contribution < -0.4 is 5.32 Å². The van der Waals surface area contributed by atoms with Crippen molar-refractivity contribution in [3.8, 4) is 0 Å². The Balaban J connectivity index is 3.23. The summed E-state index contributed by atoms with van der Waals surface area (Å²) in [5.74, 6) is -0.265. The molecule has 1 amide bonds. The van der Waals surface area contributed by atoms with Gasteiger partial charge in [-0.3, -0.25) is 4.79 Å². The van der Waals surface area contributed by atoms with E-state index in [0.29, 0.717) is 11.3 Å². The van der Waals surface area contributed by atoms with E-state index in [1.807, 2.05) is 0 Å². The minimum atomic E-state index is -3.76. The van der Waals surface area contributed by atoms with Crippen LogP contribution in [0.15, 0.2) is 23.1 Å². The number of carbonyl (C=O) groups is 1. The van der Waals surface area contributed by atoms with Gasteiger partial charge in [-0.1, -0.05) is 0 Å². The number of carbonyl (C=O) groups excluding carboxylic acids is 1. The molecule has 1 N–H and O–H groups in total. The number of nitrogens with one attached hydrogen (secondary N) is 1. The summed E-state index contributed by atoms with van der Waals surface area (Å²) < 4.78 is 22.2. The average Bonchev–Trinajstić information content (AvgIpc) is 1.99. The molecule has 0 spiro atoms. The van der Waals surface area contributed by atoms with E-state index in [-0.39, 0.29) is 10.8 Å². The summed E-state index contributed by atoms with van der Waals surface area (Å²) in [5.41, 5.74) is 1.13. The molecule has 0 aliphatic heterocycles. The fourth-order valence-electron chi connectivity index (χ4n) is 1.16. The summed E-state index contributed by atoms with van der Waals surface area (Å²) in [6.07, 6.45) is 0. The van der Waals surface area contributed by atoms with Crippen LogP contribution in [-0.2, 0) is 13.8 Å². The second-order valence-corrected chi connectivity index (χ2v) is 5.72. The molecular formula is C9H10ClNO3S. The molecule has 0 unspecified atom stereocenters. The molecule has 0 saturated heterocycles. The van der Waals surface area contributed by atoms with Gasteiger partial charge in [0.15, 0.2) is 0 Å². The van der Waals surface area contributed by atoms with E-state index < -0.39 is 9.05 Å². The molecule has 0 bridgehead atoms. The summed E-state index contributed by atoms with van der Waals surface area (Å²) in [6.45, 7) is 3.06. The maximum absolute atomic E-state index is 11.1. The molecule has 0 saturated carbocycles. The van der Waals surface area contributed by atoms with Crippen LogP contribution in [0.4, 0.5) is 5.69 Å². The Morgan fingerprint density at radius 1 is 1.33 bits per heavy atom. The molecule has 0 aromatic heterocycles. The van der Waals surface area contributed by atoms with Gasteiger partial charge in [-0.2, -0.15) is 0 Å². The molecule has 1 aromatic carbocycles. The summed E-state index contributed by atoms with van der Waals surface area (Å²) in [5, 5.41) is 2.50. The van der Waals surface area contributed by atoms with E-state index in [9.17, 15) is 13.2 Å². The van der Waals surface area contributed by atoms with Crippen LogP contribution in [0.1, 0.15) is 12.5 Å². The quantitative estimate of drug-likeness (QED) is 0.812. The molecule has 0 aliphatic rings. The molecular weight excluding hydrogens is 238 g/mol. The third-order valence-electron chi connectivity index (χ3n) is 1.65. The van der Waals surface area contributed by atoms with Crippen molar-refractivity contribution in [2.75, 3.05) is 5.32 Å². The average molecular weight is 248 g/mol. The van der Waals surface area contributed by atoms with E-state index in [2.05, 4.69) is 5.32 Å². The van der Waals surface area contributed by atoms with Crippen molar-refractivity contribution in [2.24, 2.45) is 0 Å². The molecule has 15 heavy (non-hydrogen) atoms. The lowest BCUT2D eigenvalue weighted by Crippen LogP contribution is -2.06. The molecule has 1 aromatic rings. The summed E-state index contributed by atoms with van der Waals surface area (Å²) in [6, 6.07) is 4.41. The first-order valence-electron chi connectivity index (χ1n) is 4.13. The molecule has 6 heteroatoms. The van der Waals surface area contributed by atoms with E-state index >= 15 is 0 Å². The Morgan fingerprint density at radius 2 is 1.93 bits per heavy atom. The Labute approximate surface area is 92.7 Å². The molecule has 4 nitrogen and oxygen atoms in total. The number of amides is 1. The fourth-order valence-corrected chi connectivity index (χ4v) is 2.03. The van der Waals surface area contributed by atoms with Crippen molar-refractivity contribution >= 4 is 31.3 Å². The van der Waals surface area contributed by atoms with E-state index in [0.717, 1.165) is 0 Å². The van der Waals surface area contributed by atoms with Gasteiger partial charge < -0.3 is 5.32 Å². The second kappa shape index (κ2) is 4.20.